The molecule has 0 aliphatic heterocycles. The minimum Gasteiger partial charge on any atom is -0.478 e. The highest BCUT2D eigenvalue weighted by Crippen LogP contribution is 2.31. The van der Waals surface area contributed by atoms with Gasteiger partial charge in [0.25, 0.3) is 0 Å². The number of aromatic carboxylic acids is 1. The summed E-state index contributed by atoms with van der Waals surface area (Å²) in [5.74, 6) is -0.592. The lowest BCUT2D eigenvalue weighted by Crippen LogP contribution is -2.41. The van der Waals surface area contributed by atoms with Gasteiger partial charge in [-0.15, -0.1) is 0 Å². The van der Waals surface area contributed by atoms with E-state index in [0.29, 0.717) is 12.5 Å². The Balaban J connectivity index is 2.17. The van der Waals surface area contributed by atoms with Crippen molar-refractivity contribution in [2.45, 2.75) is 32.7 Å². The highest BCUT2D eigenvalue weighted by molar-refractivity contribution is 6.34. The molecule has 2 N–H and O–H groups in total. The highest BCUT2D eigenvalue weighted by Gasteiger charge is 2.28. The van der Waals surface area contributed by atoms with Gasteiger partial charge in [0.05, 0.1) is 10.7 Å². The number of nitrogens with zero attached hydrogens (tertiary/aromatic N) is 1. The van der Waals surface area contributed by atoms with E-state index in [1.54, 1.807) is 17.0 Å². The summed E-state index contributed by atoms with van der Waals surface area (Å²) in [7, 11) is 0. The zero-order chi connectivity index (χ0) is 15.6. The van der Waals surface area contributed by atoms with Crippen LogP contribution in [0.15, 0.2) is 18.2 Å². The third-order valence-electron chi connectivity index (χ3n) is 3.51. The number of halogens is 1. The van der Waals surface area contributed by atoms with Crippen LogP contribution in [0, 0.1) is 5.92 Å². The lowest BCUT2D eigenvalue weighted by atomic mass is 10.2. The van der Waals surface area contributed by atoms with Crippen LogP contribution < -0.4 is 5.32 Å². The third kappa shape index (κ3) is 3.88. The Bertz CT molecular complexity index is 556. The van der Waals surface area contributed by atoms with Crippen molar-refractivity contribution in [1.29, 1.82) is 0 Å². The Labute approximate surface area is 128 Å². The van der Waals surface area contributed by atoms with E-state index in [4.69, 9.17) is 11.6 Å². The summed E-state index contributed by atoms with van der Waals surface area (Å²) in [6, 6.07) is 4.42. The quantitative estimate of drug-likeness (QED) is 0.871. The first-order valence-corrected chi connectivity index (χ1v) is 7.37. The molecule has 0 aromatic heterocycles. The topological polar surface area (TPSA) is 69.6 Å². The number of anilines is 1. The second-order valence-electron chi connectivity index (χ2n) is 5.59. The summed E-state index contributed by atoms with van der Waals surface area (Å²) in [6.45, 7) is 4.59. The molecule has 0 unspecified atom stereocenters. The summed E-state index contributed by atoms with van der Waals surface area (Å²) in [5, 5.41) is 12.0. The molecule has 1 aliphatic carbocycles. The average Bonchev–Trinajstić information content (AvgIpc) is 3.18. The molecule has 114 valence electrons. The number of benzene rings is 1. The number of nitrogens with one attached hydrogen (secondary N) is 1. The van der Waals surface area contributed by atoms with Crippen LogP contribution in [0.2, 0.25) is 5.02 Å². The first-order chi connectivity index (χ1) is 9.90. The number of hydrogen-bond donors (Lipinski definition) is 2. The molecule has 1 aliphatic rings. The monoisotopic (exact) mass is 310 g/mol. The lowest BCUT2D eigenvalue weighted by molar-refractivity contribution is 0.0698. The summed E-state index contributed by atoms with van der Waals surface area (Å²) in [6.07, 6.45) is 2.29. The van der Waals surface area contributed by atoms with Gasteiger partial charge < -0.3 is 15.3 Å². The van der Waals surface area contributed by atoms with Gasteiger partial charge in [0.15, 0.2) is 0 Å². The van der Waals surface area contributed by atoms with Crippen LogP contribution in [0.5, 0.6) is 0 Å². The van der Waals surface area contributed by atoms with Crippen LogP contribution in [0.4, 0.5) is 10.5 Å². The Morgan fingerprint density at radius 1 is 1.43 bits per heavy atom. The number of carbonyl (C=O) groups is 2. The van der Waals surface area contributed by atoms with Crippen LogP contribution in [0.3, 0.4) is 0 Å². The first kappa shape index (κ1) is 15.6. The molecular weight excluding hydrogens is 292 g/mol. The molecule has 1 aromatic rings. The molecule has 1 aromatic carbocycles. The maximum absolute atomic E-state index is 12.4. The third-order valence-corrected chi connectivity index (χ3v) is 3.82. The largest absolute Gasteiger partial charge is 0.478 e. The Kier molecular flexibility index (Phi) is 4.73. The van der Waals surface area contributed by atoms with Gasteiger partial charge in [-0.05, 0) is 44.7 Å². The van der Waals surface area contributed by atoms with E-state index in [9.17, 15) is 14.7 Å². The molecule has 1 saturated carbocycles. The van der Waals surface area contributed by atoms with Crippen molar-refractivity contribution in [1.82, 2.24) is 4.90 Å². The molecule has 0 radical (unpaired) electrons. The summed E-state index contributed by atoms with van der Waals surface area (Å²) in [5.41, 5.74) is 0.143. The SMILES string of the molecule is CC(C)N(CC1CC1)C(=O)Nc1cccc(Cl)c1C(=O)O. The fourth-order valence-corrected chi connectivity index (χ4v) is 2.39. The van der Waals surface area contributed by atoms with E-state index >= 15 is 0 Å². The van der Waals surface area contributed by atoms with Crippen molar-refractivity contribution in [2.24, 2.45) is 5.92 Å². The number of urea groups is 1. The average molecular weight is 311 g/mol. The van der Waals surface area contributed by atoms with Crippen LogP contribution in [0.1, 0.15) is 37.0 Å². The molecule has 0 bridgehead atoms. The fourth-order valence-electron chi connectivity index (χ4n) is 2.14. The number of carbonyl (C=O) groups excluding carboxylic acids is 1. The molecule has 0 heterocycles. The van der Waals surface area contributed by atoms with Crippen molar-refractivity contribution in [2.75, 3.05) is 11.9 Å². The highest BCUT2D eigenvalue weighted by atomic mass is 35.5. The molecule has 0 spiro atoms. The van der Waals surface area contributed by atoms with Crippen molar-refractivity contribution in [3.05, 3.63) is 28.8 Å². The van der Waals surface area contributed by atoms with Gasteiger partial charge in [-0.25, -0.2) is 9.59 Å². The van der Waals surface area contributed by atoms with Crippen molar-refractivity contribution in [3.8, 4) is 0 Å². The number of carboxylic acids is 1. The van der Waals surface area contributed by atoms with Gasteiger partial charge in [-0.2, -0.15) is 0 Å². The summed E-state index contributed by atoms with van der Waals surface area (Å²) in [4.78, 5) is 25.4. The van der Waals surface area contributed by atoms with Gasteiger partial charge >= 0.3 is 12.0 Å². The second-order valence-corrected chi connectivity index (χ2v) is 5.99. The van der Waals surface area contributed by atoms with Crippen LogP contribution in [-0.4, -0.2) is 34.6 Å². The predicted octanol–water partition coefficient (Wildman–Crippen LogP) is 3.69. The predicted molar refractivity (Wildman–Crippen MR) is 82.0 cm³/mol. The van der Waals surface area contributed by atoms with Crippen LogP contribution in [0.25, 0.3) is 0 Å². The number of carboxylic acid groups (broad SMARTS) is 1. The molecule has 5 nitrogen and oxygen atoms in total. The standard InChI is InChI=1S/C15H19ClN2O3/c1-9(2)18(8-10-6-7-10)15(21)17-12-5-3-4-11(16)13(12)14(19)20/h3-5,9-10H,6-8H2,1-2H3,(H,17,21)(H,19,20). The first-order valence-electron chi connectivity index (χ1n) is 6.99. The molecule has 2 rings (SSSR count). The maximum atomic E-state index is 12.4. The summed E-state index contributed by atoms with van der Waals surface area (Å²) < 4.78 is 0. The summed E-state index contributed by atoms with van der Waals surface area (Å²) >= 11 is 5.90. The van der Waals surface area contributed by atoms with E-state index in [1.807, 2.05) is 13.8 Å². The van der Waals surface area contributed by atoms with E-state index < -0.39 is 5.97 Å². The molecule has 2 amide bonds. The molecule has 21 heavy (non-hydrogen) atoms. The van der Waals surface area contributed by atoms with Gasteiger partial charge in [-0.1, -0.05) is 17.7 Å². The van der Waals surface area contributed by atoms with Crippen LogP contribution in [-0.2, 0) is 0 Å². The number of amides is 2. The Morgan fingerprint density at radius 3 is 2.62 bits per heavy atom. The van der Waals surface area contributed by atoms with Crippen LogP contribution >= 0.6 is 11.6 Å². The molecular formula is C15H19ClN2O3. The number of rotatable bonds is 5. The van der Waals surface area contributed by atoms with E-state index in [2.05, 4.69) is 5.32 Å². The van der Waals surface area contributed by atoms with E-state index in [1.165, 1.54) is 6.07 Å². The van der Waals surface area contributed by atoms with E-state index in [0.717, 1.165) is 12.8 Å². The minimum atomic E-state index is -1.16. The van der Waals surface area contributed by atoms with Crippen molar-refractivity contribution in [3.63, 3.8) is 0 Å². The Hall–Kier alpha value is -1.75. The molecule has 1 fully saturated rings. The molecule has 0 atom stereocenters. The van der Waals surface area contributed by atoms with Gasteiger partial charge in [0, 0.05) is 12.6 Å². The van der Waals surface area contributed by atoms with Gasteiger partial charge in [0.1, 0.15) is 5.56 Å². The fraction of sp³-hybridized carbons (Fsp3) is 0.467. The van der Waals surface area contributed by atoms with E-state index in [-0.39, 0.29) is 28.3 Å². The zero-order valence-electron chi connectivity index (χ0n) is 12.1. The second kappa shape index (κ2) is 6.35. The molecule has 6 heteroatoms. The lowest BCUT2D eigenvalue weighted by Gasteiger charge is -2.27. The maximum Gasteiger partial charge on any atom is 0.339 e. The van der Waals surface area contributed by atoms with Gasteiger partial charge in [-0.3, -0.25) is 0 Å². The van der Waals surface area contributed by atoms with Crippen molar-refractivity contribution >= 4 is 29.3 Å². The zero-order valence-corrected chi connectivity index (χ0v) is 12.9. The number of hydrogen-bond acceptors (Lipinski definition) is 2. The van der Waals surface area contributed by atoms with Crippen molar-refractivity contribution < 1.29 is 14.7 Å². The minimum absolute atomic E-state index is 0.0538. The smallest absolute Gasteiger partial charge is 0.339 e. The normalized spacial score (nSPS) is 14.1. The van der Waals surface area contributed by atoms with Gasteiger partial charge in [0.2, 0.25) is 0 Å². The Morgan fingerprint density at radius 2 is 2.10 bits per heavy atom. The molecule has 0 saturated heterocycles.